The molecule has 0 fully saturated rings. The fourth-order valence-corrected chi connectivity index (χ4v) is 5.07. The van der Waals surface area contributed by atoms with Gasteiger partial charge < -0.3 is 4.90 Å². The lowest BCUT2D eigenvalue weighted by Gasteiger charge is -2.26. The van der Waals surface area contributed by atoms with Gasteiger partial charge in [-0.3, -0.25) is 4.79 Å². The average molecular weight is 455 g/mol. The lowest BCUT2D eigenvalue weighted by atomic mass is 10.2. The average Bonchev–Trinajstić information content (AvgIpc) is 2.77. The second-order valence-electron chi connectivity index (χ2n) is 7.87. The first-order chi connectivity index (χ1) is 15.2. The van der Waals surface area contributed by atoms with Gasteiger partial charge in [-0.2, -0.15) is 4.31 Å². The van der Waals surface area contributed by atoms with E-state index in [2.05, 4.69) is 0 Å². The van der Waals surface area contributed by atoms with Crippen molar-refractivity contribution in [3.8, 4) is 0 Å². The minimum atomic E-state index is -3.95. The van der Waals surface area contributed by atoms with Gasteiger partial charge in [-0.05, 0) is 42.7 Å². The third-order valence-electron chi connectivity index (χ3n) is 5.27. The summed E-state index contributed by atoms with van der Waals surface area (Å²) in [4.78, 5) is 14.5. The molecule has 3 aromatic rings. The summed E-state index contributed by atoms with van der Waals surface area (Å²) in [6.45, 7) is 3.31. The van der Waals surface area contributed by atoms with E-state index in [-0.39, 0.29) is 24.5 Å². The molecule has 0 N–H and O–H groups in total. The normalized spacial score (nSPS) is 11.5. The summed E-state index contributed by atoms with van der Waals surface area (Å²) >= 11 is 0. The molecule has 3 rings (SSSR count). The summed E-state index contributed by atoms with van der Waals surface area (Å²) in [6, 6.07) is 20.6. The van der Waals surface area contributed by atoms with Crippen LogP contribution in [-0.2, 0) is 27.9 Å². The van der Waals surface area contributed by atoms with Crippen molar-refractivity contribution in [2.45, 2.75) is 31.8 Å². The van der Waals surface area contributed by atoms with E-state index in [4.69, 9.17) is 0 Å². The van der Waals surface area contributed by atoms with Crippen LogP contribution in [0.15, 0.2) is 77.7 Å². The molecule has 0 saturated heterocycles. The van der Waals surface area contributed by atoms with Crippen LogP contribution in [0.2, 0.25) is 0 Å². The molecule has 0 saturated carbocycles. The molecular weight excluding hydrogens is 427 g/mol. The highest BCUT2D eigenvalue weighted by atomic mass is 32.2. The Balaban J connectivity index is 1.90. The van der Waals surface area contributed by atoms with Gasteiger partial charge in [0.05, 0.1) is 11.4 Å². The maximum absolute atomic E-state index is 14.0. The molecule has 5 nitrogen and oxygen atoms in total. The number of sulfonamides is 1. The lowest BCUT2D eigenvalue weighted by molar-refractivity contribution is -0.130. The largest absolute Gasteiger partial charge is 0.340 e. The maximum Gasteiger partial charge on any atom is 0.244 e. The molecule has 7 heteroatoms. The van der Waals surface area contributed by atoms with Gasteiger partial charge in [-0.15, -0.1) is 0 Å². The van der Waals surface area contributed by atoms with E-state index in [0.29, 0.717) is 11.1 Å². The molecular formula is C25H27FN2O3S. The summed E-state index contributed by atoms with van der Waals surface area (Å²) in [7, 11) is -2.41. The molecule has 0 aliphatic heterocycles. The van der Waals surface area contributed by atoms with Gasteiger partial charge in [-0.25, -0.2) is 12.8 Å². The van der Waals surface area contributed by atoms with Crippen LogP contribution in [0.25, 0.3) is 0 Å². The van der Waals surface area contributed by atoms with Crippen molar-refractivity contribution in [1.29, 1.82) is 0 Å². The van der Waals surface area contributed by atoms with Crippen molar-refractivity contribution in [2.75, 3.05) is 13.6 Å². The van der Waals surface area contributed by atoms with E-state index in [1.807, 2.05) is 43.3 Å². The van der Waals surface area contributed by atoms with Crippen LogP contribution in [-0.4, -0.2) is 37.1 Å². The Labute approximate surface area is 189 Å². The summed E-state index contributed by atoms with van der Waals surface area (Å²) in [5, 5.41) is 0. The zero-order chi connectivity index (χ0) is 23.3. The van der Waals surface area contributed by atoms with E-state index >= 15 is 0 Å². The molecule has 168 valence electrons. The fraction of sp³-hybridized carbons (Fsp3) is 0.240. The molecule has 0 atom stereocenters. The number of halogens is 1. The molecule has 0 radical (unpaired) electrons. The molecule has 0 spiro atoms. The van der Waals surface area contributed by atoms with Crippen LogP contribution < -0.4 is 0 Å². The summed E-state index contributed by atoms with van der Waals surface area (Å²) in [5.41, 5.74) is 2.57. The second kappa shape index (κ2) is 10.1. The minimum Gasteiger partial charge on any atom is -0.340 e. The summed E-state index contributed by atoms with van der Waals surface area (Å²) < 4.78 is 42.3. The molecule has 0 bridgehead atoms. The molecule has 0 aliphatic rings. The van der Waals surface area contributed by atoms with Gasteiger partial charge in [0.15, 0.2) is 0 Å². The second-order valence-corrected chi connectivity index (χ2v) is 9.78. The number of benzene rings is 3. The molecule has 0 aliphatic carbocycles. The Morgan fingerprint density at radius 3 is 2.25 bits per heavy atom. The van der Waals surface area contributed by atoms with Gasteiger partial charge in [-0.1, -0.05) is 60.7 Å². The van der Waals surface area contributed by atoms with Crippen molar-refractivity contribution < 1.29 is 17.6 Å². The van der Waals surface area contributed by atoms with Crippen molar-refractivity contribution in [3.63, 3.8) is 0 Å². The third kappa shape index (κ3) is 5.60. The van der Waals surface area contributed by atoms with Gasteiger partial charge >= 0.3 is 0 Å². The van der Waals surface area contributed by atoms with Crippen LogP contribution in [0.3, 0.4) is 0 Å². The van der Waals surface area contributed by atoms with Gasteiger partial charge in [0, 0.05) is 25.7 Å². The molecule has 3 aromatic carbocycles. The minimum absolute atomic E-state index is 0.0498. The number of rotatable bonds is 8. The third-order valence-corrected chi connectivity index (χ3v) is 7.20. The topological polar surface area (TPSA) is 57.7 Å². The molecule has 0 aromatic heterocycles. The number of likely N-dealkylation sites (N-methyl/N-ethyl adjacent to an activating group) is 1. The highest BCUT2D eigenvalue weighted by Crippen LogP contribution is 2.23. The van der Waals surface area contributed by atoms with Crippen molar-refractivity contribution in [2.24, 2.45) is 0 Å². The Kier molecular flexibility index (Phi) is 7.43. The Morgan fingerprint density at radius 1 is 0.906 bits per heavy atom. The van der Waals surface area contributed by atoms with E-state index in [1.165, 1.54) is 15.3 Å². The van der Waals surface area contributed by atoms with Crippen molar-refractivity contribution in [1.82, 2.24) is 9.21 Å². The fourth-order valence-electron chi connectivity index (χ4n) is 3.38. The molecule has 0 unspecified atom stereocenters. The molecule has 32 heavy (non-hydrogen) atoms. The highest BCUT2D eigenvalue weighted by Gasteiger charge is 2.29. The number of carbonyl (C=O) groups excluding carboxylic acids is 1. The van der Waals surface area contributed by atoms with Crippen LogP contribution in [0.5, 0.6) is 0 Å². The predicted octanol–water partition coefficient (Wildman–Crippen LogP) is 4.29. The van der Waals surface area contributed by atoms with Gasteiger partial charge in [0.25, 0.3) is 0 Å². The van der Waals surface area contributed by atoms with Crippen LogP contribution in [0.4, 0.5) is 4.39 Å². The predicted molar refractivity (Wildman–Crippen MR) is 123 cm³/mol. The Morgan fingerprint density at radius 2 is 1.56 bits per heavy atom. The Hall–Kier alpha value is -3.03. The lowest BCUT2D eigenvalue weighted by Crippen LogP contribution is -2.41. The van der Waals surface area contributed by atoms with E-state index in [1.54, 1.807) is 44.3 Å². The highest BCUT2D eigenvalue weighted by molar-refractivity contribution is 7.89. The summed E-state index contributed by atoms with van der Waals surface area (Å²) in [6.07, 6.45) is 0. The van der Waals surface area contributed by atoms with Crippen LogP contribution in [0, 0.1) is 19.7 Å². The maximum atomic E-state index is 14.0. The number of amides is 1. The Bertz CT molecular complexity index is 1200. The number of carbonyl (C=O) groups is 1. The first-order valence-electron chi connectivity index (χ1n) is 10.3. The monoisotopic (exact) mass is 454 g/mol. The SMILES string of the molecule is Cc1ccc(C)c(S(=O)(=O)N(CC(=O)N(C)Cc2ccccc2F)Cc2ccccc2)c1. The quantitative estimate of drug-likeness (QED) is 0.510. The zero-order valence-electron chi connectivity index (χ0n) is 18.5. The van der Waals surface area contributed by atoms with E-state index in [9.17, 15) is 17.6 Å². The first-order valence-corrected chi connectivity index (χ1v) is 11.7. The first kappa shape index (κ1) is 23.6. The van der Waals surface area contributed by atoms with Crippen LogP contribution >= 0.6 is 0 Å². The van der Waals surface area contributed by atoms with Crippen molar-refractivity contribution >= 4 is 15.9 Å². The zero-order valence-corrected chi connectivity index (χ0v) is 19.3. The molecule has 1 amide bonds. The number of hydrogen-bond donors (Lipinski definition) is 0. The number of hydrogen-bond acceptors (Lipinski definition) is 3. The van der Waals surface area contributed by atoms with Crippen LogP contribution in [0.1, 0.15) is 22.3 Å². The van der Waals surface area contributed by atoms with Gasteiger partial charge in [0.1, 0.15) is 5.82 Å². The summed E-state index contributed by atoms with van der Waals surface area (Å²) in [5.74, 6) is -0.825. The van der Waals surface area contributed by atoms with Gasteiger partial charge in [0.2, 0.25) is 15.9 Å². The van der Waals surface area contributed by atoms with E-state index < -0.39 is 21.7 Å². The smallest absolute Gasteiger partial charge is 0.244 e. The van der Waals surface area contributed by atoms with E-state index in [0.717, 1.165) is 11.1 Å². The molecule has 0 heterocycles. The standard InChI is InChI=1S/C25H27FN2O3S/c1-19-13-14-20(2)24(15-19)32(30,31)28(16-21-9-5-4-6-10-21)18-25(29)27(3)17-22-11-7-8-12-23(22)26/h4-15H,16-18H2,1-3H3. The van der Waals surface area contributed by atoms with Crippen molar-refractivity contribution in [3.05, 3.63) is 101 Å². The number of aryl methyl sites for hydroxylation is 2. The number of nitrogens with zero attached hydrogens (tertiary/aromatic N) is 2.